The van der Waals surface area contributed by atoms with Crippen molar-refractivity contribution < 1.29 is 24.2 Å². The zero-order valence-corrected chi connectivity index (χ0v) is 14.7. The summed E-state index contributed by atoms with van der Waals surface area (Å²) in [5.74, 6) is -0.836. The number of ether oxygens (including phenoxy) is 2. The van der Waals surface area contributed by atoms with Crippen LogP contribution in [0.25, 0.3) is 10.9 Å². The lowest BCUT2D eigenvalue weighted by Crippen LogP contribution is -2.44. The number of carboxylic acid groups (broad SMARTS) is 1. The van der Waals surface area contributed by atoms with E-state index in [1.807, 2.05) is 30.3 Å². The number of hydrogen-bond acceptors (Lipinski definition) is 5. The van der Waals surface area contributed by atoms with Gasteiger partial charge in [-0.2, -0.15) is 0 Å². The van der Waals surface area contributed by atoms with Gasteiger partial charge in [0.2, 0.25) is 5.88 Å². The van der Waals surface area contributed by atoms with E-state index in [1.165, 1.54) is 7.11 Å². The SMILES string of the molecule is COc1nc2ccccc2cc1CC(NC(=O)OC(C)(C)C)C(=O)O. The van der Waals surface area contributed by atoms with Crippen molar-refractivity contribution in [2.24, 2.45) is 0 Å². The summed E-state index contributed by atoms with van der Waals surface area (Å²) in [4.78, 5) is 27.8. The fourth-order valence-electron chi connectivity index (χ4n) is 2.33. The minimum absolute atomic E-state index is 0.0234. The van der Waals surface area contributed by atoms with Gasteiger partial charge in [0.1, 0.15) is 11.6 Å². The van der Waals surface area contributed by atoms with Gasteiger partial charge in [-0.1, -0.05) is 18.2 Å². The van der Waals surface area contributed by atoms with Crippen LogP contribution in [0, 0.1) is 0 Å². The van der Waals surface area contributed by atoms with Gasteiger partial charge >= 0.3 is 12.1 Å². The van der Waals surface area contributed by atoms with Gasteiger partial charge in [0.05, 0.1) is 12.6 Å². The van der Waals surface area contributed by atoms with Crippen LogP contribution in [0.1, 0.15) is 26.3 Å². The molecular weight excluding hydrogens is 324 g/mol. The summed E-state index contributed by atoms with van der Waals surface area (Å²) < 4.78 is 10.4. The molecule has 1 amide bonds. The first kappa shape index (κ1) is 18.5. The Hall–Kier alpha value is -2.83. The topological polar surface area (TPSA) is 97.8 Å². The summed E-state index contributed by atoms with van der Waals surface area (Å²) in [5, 5.41) is 12.7. The van der Waals surface area contributed by atoms with E-state index in [4.69, 9.17) is 9.47 Å². The maximum absolute atomic E-state index is 11.9. The molecule has 134 valence electrons. The van der Waals surface area contributed by atoms with Gasteiger partial charge < -0.3 is 19.9 Å². The largest absolute Gasteiger partial charge is 0.481 e. The number of aliphatic carboxylic acids is 1. The van der Waals surface area contributed by atoms with Crippen LogP contribution >= 0.6 is 0 Å². The molecule has 0 spiro atoms. The monoisotopic (exact) mass is 346 g/mol. The van der Waals surface area contributed by atoms with Crippen molar-refractivity contribution in [3.8, 4) is 5.88 Å². The number of carbonyl (C=O) groups excluding carboxylic acids is 1. The highest BCUT2D eigenvalue weighted by atomic mass is 16.6. The molecule has 7 nitrogen and oxygen atoms in total. The maximum Gasteiger partial charge on any atom is 0.408 e. The molecule has 7 heteroatoms. The predicted molar refractivity (Wildman–Crippen MR) is 92.8 cm³/mol. The second-order valence-electron chi connectivity index (χ2n) is 6.59. The molecule has 0 bridgehead atoms. The third kappa shape index (κ3) is 5.07. The van der Waals surface area contributed by atoms with E-state index in [2.05, 4.69) is 10.3 Å². The molecule has 1 atom stereocenters. The molecule has 2 aromatic rings. The molecule has 0 aliphatic carbocycles. The summed E-state index contributed by atoms with van der Waals surface area (Å²) in [6.07, 6.45) is -0.761. The molecule has 1 aromatic carbocycles. The summed E-state index contributed by atoms with van der Waals surface area (Å²) in [5.41, 5.74) is 0.620. The van der Waals surface area contributed by atoms with E-state index in [9.17, 15) is 14.7 Å². The molecule has 0 radical (unpaired) electrons. The van der Waals surface area contributed by atoms with Crippen molar-refractivity contribution in [2.45, 2.75) is 38.8 Å². The minimum Gasteiger partial charge on any atom is -0.481 e. The normalized spacial score (nSPS) is 12.5. The molecule has 2 N–H and O–H groups in total. The van der Waals surface area contributed by atoms with Crippen LogP contribution < -0.4 is 10.1 Å². The lowest BCUT2D eigenvalue weighted by Gasteiger charge is -2.22. The molecule has 0 aliphatic rings. The molecular formula is C18H22N2O5. The Morgan fingerprint density at radius 2 is 1.96 bits per heavy atom. The van der Waals surface area contributed by atoms with Crippen LogP contribution in [0.4, 0.5) is 4.79 Å². The Labute approximate surface area is 146 Å². The van der Waals surface area contributed by atoms with E-state index in [0.29, 0.717) is 11.4 Å². The number of nitrogens with one attached hydrogen (secondary N) is 1. The van der Waals surface area contributed by atoms with Crippen molar-refractivity contribution in [3.05, 3.63) is 35.9 Å². The number of nitrogens with zero attached hydrogens (tertiary/aromatic N) is 1. The third-order valence-electron chi connectivity index (χ3n) is 3.37. The number of benzene rings is 1. The number of alkyl carbamates (subject to hydrolysis) is 1. The number of methoxy groups -OCH3 is 1. The fourth-order valence-corrected chi connectivity index (χ4v) is 2.33. The van der Waals surface area contributed by atoms with Crippen molar-refractivity contribution in [1.82, 2.24) is 10.3 Å². The van der Waals surface area contributed by atoms with Crippen molar-refractivity contribution in [2.75, 3.05) is 7.11 Å². The highest BCUT2D eigenvalue weighted by Gasteiger charge is 2.25. The zero-order valence-electron chi connectivity index (χ0n) is 14.7. The van der Waals surface area contributed by atoms with E-state index in [1.54, 1.807) is 20.8 Å². The summed E-state index contributed by atoms with van der Waals surface area (Å²) in [6, 6.07) is 8.10. The number of fused-ring (bicyclic) bond motifs is 1. The minimum atomic E-state index is -1.17. The highest BCUT2D eigenvalue weighted by Crippen LogP contribution is 2.23. The Bertz CT molecular complexity index is 783. The first-order valence-electron chi connectivity index (χ1n) is 7.84. The van der Waals surface area contributed by atoms with E-state index < -0.39 is 23.7 Å². The Kier molecular flexibility index (Phi) is 5.46. The van der Waals surface area contributed by atoms with Gasteiger partial charge in [-0.25, -0.2) is 14.6 Å². The number of amides is 1. The van der Waals surface area contributed by atoms with E-state index in [-0.39, 0.29) is 6.42 Å². The number of carboxylic acids is 1. The highest BCUT2D eigenvalue weighted by molar-refractivity contribution is 5.82. The third-order valence-corrected chi connectivity index (χ3v) is 3.37. The lowest BCUT2D eigenvalue weighted by atomic mass is 10.0. The molecule has 0 saturated heterocycles. The van der Waals surface area contributed by atoms with Crippen LogP contribution in [-0.2, 0) is 16.0 Å². The standard InChI is InChI=1S/C18H22N2O5/c1-18(2,3)25-17(23)20-14(16(21)22)10-12-9-11-7-5-6-8-13(11)19-15(12)24-4/h5-9,14H,10H2,1-4H3,(H,20,23)(H,21,22). The molecule has 1 heterocycles. The van der Waals surface area contributed by atoms with Gasteiger partial charge in [-0.3, -0.25) is 0 Å². The van der Waals surface area contributed by atoms with Crippen LogP contribution in [0.3, 0.4) is 0 Å². The number of para-hydroxylation sites is 1. The summed E-state index contributed by atoms with van der Waals surface area (Å²) in [7, 11) is 1.47. The Morgan fingerprint density at radius 3 is 2.56 bits per heavy atom. The number of pyridine rings is 1. The molecule has 25 heavy (non-hydrogen) atoms. The van der Waals surface area contributed by atoms with Crippen molar-refractivity contribution >= 4 is 23.0 Å². The van der Waals surface area contributed by atoms with Gasteiger partial charge in [-0.15, -0.1) is 0 Å². The van der Waals surface area contributed by atoms with Crippen LogP contribution in [0.2, 0.25) is 0 Å². The second-order valence-corrected chi connectivity index (χ2v) is 6.59. The average molecular weight is 346 g/mol. The van der Waals surface area contributed by atoms with Gasteiger partial charge in [0.15, 0.2) is 0 Å². The van der Waals surface area contributed by atoms with E-state index in [0.717, 1.165) is 10.9 Å². The first-order valence-corrected chi connectivity index (χ1v) is 7.84. The Balaban J connectivity index is 2.25. The second kappa shape index (κ2) is 7.38. The Morgan fingerprint density at radius 1 is 1.28 bits per heavy atom. The van der Waals surface area contributed by atoms with Crippen molar-refractivity contribution in [1.29, 1.82) is 0 Å². The fraction of sp³-hybridized carbons (Fsp3) is 0.389. The first-order chi connectivity index (χ1) is 11.7. The number of aromatic nitrogens is 1. The number of rotatable bonds is 5. The average Bonchev–Trinajstić information content (AvgIpc) is 2.51. The predicted octanol–water partition coefficient (Wildman–Crippen LogP) is 2.76. The molecule has 0 saturated carbocycles. The lowest BCUT2D eigenvalue weighted by molar-refractivity contribution is -0.139. The molecule has 0 aliphatic heterocycles. The molecule has 1 aromatic heterocycles. The number of hydrogen-bond donors (Lipinski definition) is 2. The smallest absolute Gasteiger partial charge is 0.408 e. The van der Waals surface area contributed by atoms with Gasteiger partial charge in [0.25, 0.3) is 0 Å². The zero-order chi connectivity index (χ0) is 18.6. The number of carbonyl (C=O) groups is 2. The molecule has 2 rings (SSSR count). The van der Waals surface area contributed by atoms with Crippen molar-refractivity contribution in [3.63, 3.8) is 0 Å². The molecule has 0 fully saturated rings. The van der Waals surface area contributed by atoms with Crippen LogP contribution in [0.5, 0.6) is 5.88 Å². The van der Waals surface area contributed by atoms with E-state index >= 15 is 0 Å². The summed E-state index contributed by atoms with van der Waals surface area (Å²) >= 11 is 0. The van der Waals surface area contributed by atoms with Gasteiger partial charge in [0, 0.05) is 17.4 Å². The summed E-state index contributed by atoms with van der Waals surface area (Å²) in [6.45, 7) is 5.12. The quantitative estimate of drug-likeness (QED) is 0.864. The van der Waals surface area contributed by atoms with Crippen LogP contribution in [0.15, 0.2) is 30.3 Å². The maximum atomic E-state index is 11.9. The van der Waals surface area contributed by atoms with Gasteiger partial charge in [-0.05, 0) is 32.9 Å². The van der Waals surface area contributed by atoms with Crippen LogP contribution in [-0.4, -0.2) is 40.9 Å². The molecule has 1 unspecified atom stereocenters.